The number of nitrogens with zero attached hydrogens (tertiary/aromatic N) is 2. The largest absolute Gasteiger partial charge is 0.507 e. The molecule has 1 aliphatic heterocycles. The number of benzene rings is 1. The molecular weight excluding hydrogens is 306 g/mol. The van der Waals surface area contributed by atoms with Gasteiger partial charge in [-0.15, -0.1) is 0 Å². The molecule has 128 valence electrons. The van der Waals surface area contributed by atoms with E-state index in [-0.39, 0.29) is 17.2 Å². The molecule has 0 saturated carbocycles. The maximum absolute atomic E-state index is 11.2. The molecule has 2 atom stereocenters. The highest BCUT2D eigenvalue weighted by atomic mass is 16.5. The van der Waals surface area contributed by atoms with Gasteiger partial charge in [0.25, 0.3) is 0 Å². The average molecular weight is 329 g/mol. The zero-order valence-corrected chi connectivity index (χ0v) is 14.0. The van der Waals surface area contributed by atoms with Crippen molar-refractivity contribution in [3.8, 4) is 11.5 Å². The number of phenols is 1. The summed E-state index contributed by atoms with van der Waals surface area (Å²) < 4.78 is 7.91. The van der Waals surface area contributed by atoms with E-state index in [2.05, 4.69) is 35.0 Å². The third kappa shape index (κ3) is 3.14. The van der Waals surface area contributed by atoms with Crippen molar-refractivity contribution in [2.75, 3.05) is 19.7 Å². The van der Waals surface area contributed by atoms with Gasteiger partial charge in [0.1, 0.15) is 11.5 Å². The van der Waals surface area contributed by atoms with Crippen LogP contribution in [0.15, 0.2) is 30.5 Å². The van der Waals surface area contributed by atoms with E-state index in [0.29, 0.717) is 30.6 Å². The first-order chi connectivity index (χ1) is 11.6. The first-order valence-corrected chi connectivity index (χ1v) is 8.26. The fraction of sp³-hybridized carbons (Fsp3) is 0.444. The van der Waals surface area contributed by atoms with Gasteiger partial charge < -0.3 is 15.2 Å². The lowest BCUT2D eigenvalue weighted by Gasteiger charge is -2.22. The number of aromatic hydroxyl groups is 1. The number of rotatable bonds is 6. The van der Waals surface area contributed by atoms with Crippen LogP contribution in [0.3, 0.4) is 0 Å². The SMILES string of the molecule is CC(C)n1nccc1C1CNCC1COc1cccc(O)c1C=O. The fourth-order valence-corrected chi connectivity index (χ4v) is 3.28. The molecule has 3 rings (SSSR count). The van der Waals surface area contributed by atoms with E-state index < -0.39 is 0 Å². The van der Waals surface area contributed by atoms with Gasteiger partial charge >= 0.3 is 0 Å². The molecule has 2 N–H and O–H groups in total. The zero-order chi connectivity index (χ0) is 17.1. The summed E-state index contributed by atoms with van der Waals surface area (Å²) in [5.74, 6) is 0.961. The van der Waals surface area contributed by atoms with Crippen LogP contribution in [-0.2, 0) is 0 Å². The van der Waals surface area contributed by atoms with Gasteiger partial charge in [-0.3, -0.25) is 9.48 Å². The maximum atomic E-state index is 11.2. The Kier molecular flexibility index (Phi) is 4.85. The Balaban J connectivity index is 1.74. The monoisotopic (exact) mass is 329 g/mol. The molecule has 0 radical (unpaired) electrons. The summed E-state index contributed by atoms with van der Waals surface area (Å²) in [7, 11) is 0. The van der Waals surface area contributed by atoms with E-state index in [1.165, 1.54) is 11.8 Å². The molecule has 1 aromatic carbocycles. The standard InChI is InChI=1S/C18H23N3O3/c1-12(2)21-16(6-7-20-21)14-9-19-8-13(14)11-24-18-5-3-4-17(23)15(18)10-22/h3-7,10,12-14,19,23H,8-9,11H2,1-2H3. The van der Waals surface area contributed by atoms with Crippen LogP contribution in [0.4, 0.5) is 0 Å². The first kappa shape index (κ1) is 16.5. The van der Waals surface area contributed by atoms with Gasteiger partial charge in [0, 0.05) is 42.9 Å². The number of carbonyl (C=O) groups excluding carboxylic acids is 1. The van der Waals surface area contributed by atoms with Gasteiger partial charge in [-0.25, -0.2) is 0 Å². The summed E-state index contributed by atoms with van der Waals surface area (Å²) >= 11 is 0. The molecule has 1 saturated heterocycles. The van der Waals surface area contributed by atoms with E-state index >= 15 is 0 Å². The van der Waals surface area contributed by atoms with E-state index in [0.717, 1.165) is 13.1 Å². The molecule has 2 heterocycles. The number of hydrogen-bond donors (Lipinski definition) is 2. The smallest absolute Gasteiger partial charge is 0.157 e. The summed E-state index contributed by atoms with van der Waals surface area (Å²) in [4.78, 5) is 11.2. The highest BCUT2D eigenvalue weighted by molar-refractivity contribution is 5.83. The minimum Gasteiger partial charge on any atom is -0.507 e. The van der Waals surface area contributed by atoms with Crippen molar-refractivity contribution < 1.29 is 14.6 Å². The zero-order valence-electron chi connectivity index (χ0n) is 14.0. The molecular formula is C18H23N3O3. The average Bonchev–Trinajstić information content (AvgIpc) is 3.21. The van der Waals surface area contributed by atoms with Crippen LogP contribution in [0.25, 0.3) is 0 Å². The van der Waals surface area contributed by atoms with Gasteiger partial charge in [0.05, 0.1) is 12.2 Å². The number of carbonyl (C=O) groups is 1. The van der Waals surface area contributed by atoms with Crippen LogP contribution in [0.5, 0.6) is 11.5 Å². The molecule has 2 unspecified atom stereocenters. The van der Waals surface area contributed by atoms with Crippen LogP contribution in [-0.4, -0.2) is 40.9 Å². The predicted octanol–water partition coefficient (Wildman–Crippen LogP) is 2.36. The van der Waals surface area contributed by atoms with Crippen LogP contribution >= 0.6 is 0 Å². The Labute approximate surface area is 141 Å². The molecule has 0 spiro atoms. The molecule has 1 aliphatic rings. The molecule has 0 amide bonds. The molecule has 6 nitrogen and oxygen atoms in total. The number of hydrogen-bond acceptors (Lipinski definition) is 5. The van der Waals surface area contributed by atoms with Crippen molar-refractivity contribution in [2.24, 2.45) is 5.92 Å². The molecule has 0 aliphatic carbocycles. The van der Waals surface area contributed by atoms with E-state index in [1.54, 1.807) is 12.1 Å². The number of ether oxygens (including phenoxy) is 1. The van der Waals surface area contributed by atoms with Crippen molar-refractivity contribution in [1.29, 1.82) is 0 Å². The van der Waals surface area contributed by atoms with Gasteiger partial charge in [0.15, 0.2) is 6.29 Å². The second kappa shape index (κ2) is 7.05. The summed E-state index contributed by atoms with van der Waals surface area (Å²) in [6.07, 6.45) is 2.47. The van der Waals surface area contributed by atoms with E-state index in [4.69, 9.17) is 4.74 Å². The number of aldehydes is 1. The summed E-state index contributed by atoms with van der Waals surface area (Å²) in [6.45, 7) is 6.45. The van der Waals surface area contributed by atoms with Crippen molar-refractivity contribution in [1.82, 2.24) is 15.1 Å². The fourth-order valence-electron chi connectivity index (χ4n) is 3.28. The number of phenolic OH excluding ortho intramolecular Hbond substituents is 1. The number of aromatic nitrogens is 2. The van der Waals surface area contributed by atoms with Crippen molar-refractivity contribution in [3.63, 3.8) is 0 Å². The molecule has 1 fully saturated rings. The lowest BCUT2D eigenvalue weighted by Crippen LogP contribution is -2.22. The van der Waals surface area contributed by atoms with Crippen molar-refractivity contribution in [2.45, 2.75) is 25.8 Å². The normalized spacial score (nSPS) is 20.5. The molecule has 1 aromatic heterocycles. The van der Waals surface area contributed by atoms with Crippen molar-refractivity contribution >= 4 is 6.29 Å². The molecule has 2 aromatic rings. The Bertz CT molecular complexity index is 711. The topological polar surface area (TPSA) is 76.4 Å². The quantitative estimate of drug-likeness (QED) is 0.796. The van der Waals surface area contributed by atoms with E-state index in [9.17, 15) is 9.90 Å². The highest BCUT2D eigenvalue weighted by Gasteiger charge is 2.32. The Hall–Kier alpha value is -2.34. The third-order valence-electron chi connectivity index (χ3n) is 4.52. The number of nitrogens with one attached hydrogen (secondary N) is 1. The van der Waals surface area contributed by atoms with Crippen LogP contribution < -0.4 is 10.1 Å². The summed E-state index contributed by atoms with van der Waals surface area (Å²) in [6, 6.07) is 7.24. The maximum Gasteiger partial charge on any atom is 0.157 e. The second-order valence-electron chi connectivity index (χ2n) is 6.44. The lowest BCUT2D eigenvalue weighted by molar-refractivity contribution is 0.111. The second-order valence-corrected chi connectivity index (χ2v) is 6.44. The van der Waals surface area contributed by atoms with Gasteiger partial charge in [-0.2, -0.15) is 5.10 Å². The minimum atomic E-state index is -0.0542. The Morgan fingerprint density at radius 2 is 2.25 bits per heavy atom. The first-order valence-electron chi connectivity index (χ1n) is 8.26. The van der Waals surface area contributed by atoms with Gasteiger partial charge in [-0.1, -0.05) is 6.07 Å². The van der Waals surface area contributed by atoms with Gasteiger partial charge in [0.2, 0.25) is 0 Å². The van der Waals surface area contributed by atoms with Crippen molar-refractivity contribution in [3.05, 3.63) is 41.7 Å². The minimum absolute atomic E-state index is 0.0542. The lowest BCUT2D eigenvalue weighted by atomic mass is 9.93. The molecule has 6 heteroatoms. The highest BCUT2D eigenvalue weighted by Crippen LogP contribution is 2.31. The van der Waals surface area contributed by atoms with Gasteiger partial charge in [-0.05, 0) is 32.0 Å². The third-order valence-corrected chi connectivity index (χ3v) is 4.52. The molecule has 0 bridgehead atoms. The Morgan fingerprint density at radius 3 is 3.00 bits per heavy atom. The van der Waals surface area contributed by atoms with Crippen LogP contribution in [0, 0.1) is 5.92 Å². The molecule has 24 heavy (non-hydrogen) atoms. The van der Waals surface area contributed by atoms with Crippen LogP contribution in [0.2, 0.25) is 0 Å². The summed E-state index contributed by atoms with van der Waals surface area (Å²) in [5.41, 5.74) is 1.40. The summed E-state index contributed by atoms with van der Waals surface area (Å²) in [5, 5.41) is 17.6. The van der Waals surface area contributed by atoms with Crippen LogP contribution in [0.1, 0.15) is 41.9 Å². The predicted molar refractivity (Wildman–Crippen MR) is 90.7 cm³/mol. The Morgan fingerprint density at radius 1 is 1.42 bits per heavy atom. The van der Waals surface area contributed by atoms with E-state index in [1.807, 2.05) is 6.20 Å².